The summed E-state index contributed by atoms with van der Waals surface area (Å²) in [6.07, 6.45) is -1.07. The molecule has 0 spiro atoms. The van der Waals surface area contributed by atoms with Crippen LogP contribution in [0, 0.1) is 0 Å². The van der Waals surface area contributed by atoms with Crippen LogP contribution in [0.3, 0.4) is 0 Å². The number of carboxylic acid groups (broad SMARTS) is 1. The molecule has 0 amide bonds. The summed E-state index contributed by atoms with van der Waals surface area (Å²) in [4.78, 5) is 11.9. The van der Waals surface area contributed by atoms with Crippen LogP contribution < -0.4 is 34.9 Å². The van der Waals surface area contributed by atoms with Crippen molar-refractivity contribution in [3.8, 4) is 0 Å². The first kappa shape index (κ1) is 22.3. The monoisotopic (exact) mass is 385 g/mol. The molecule has 0 aliphatic rings. The topological polar surface area (TPSA) is 69.6 Å². The van der Waals surface area contributed by atoms with Crippen LogP contribution in [0.4, 0.5) is 0 Å². The van der Waals surface area contributed by atoms with Crippen LogP contribution in [0.5, 0.6) is 0 Å². The predicted molar refractivity (Wildman–Crippen MR) is 107 cm³/mol. The van der Waals surface area contributed by atoms with Gasteiger partial charge in [0.15, 0.2) is 0 Å². The summed E-state index contributed by atoms with van der Waals surface area (Å²) < 4.78 is 0. The Labute approximate surface area is 189 Å². The van der Waals surface area contributed by atoms with Gasteiger partial charge in [0.2, 0.25) is 0 Å². The van der Waals surface area contributed by atoms with Crippen molar-refractivity contribution in [2.75, 3.05) is 0 Å². The molecule has 0 heterocycles. The summed E-state index contributed by atoms with van der Waals surface area (Å²) in [5.74, 6) is -1.10. The first-order chi connectivity index (χ1) is 13.1. The third kappa shape index (κ3) is 4.54. The molecule has 2 atom stereocenters. The van der Waals surface area contributed by atoms with Gasteiger partial charge in [0.25, 0.3) is 0 Å². The van der Waals surface area contributed by atoms with Gasteiger partial charge < -0.3 is 11.6 Å². The van der Waals surface area contributed by atoms with Gasteiger partial charge in [-0.3, -0.25) is 10.1 Å². The number of aliphatic hydroxyl groups excluding tert-OH is 1. The Hall–Kier alpha value is -1.95. The standard InChI is InChI=1S/C23H23NO3.Na.H/c1-17(25)21(22(26)27)24-23(18-11-5-2-6-12-18,19-13-7-3-8-14-19)20-15-9-4-10-16-20;;/h2-17,21,24-25H,1H3,(H,26,27);;/q;+1;-1. The van der Waals surface area contributed by atoms with E-state index in [4.69, 9.17) is 0 Å². The van der Waals surface area contributed by atoms with Gasteiger partial charge in [-0.15, -0.1) is 0 Å². The second-order valence-corrected chi connectivity index (χ2v) is 6.55. The van der Waals surface area contributed by atoms with Gasteiger partial charge in [-0.25, -0.2) is 0 Å². The van der Waals surface area contributed by atoms with Crippen LogP contribution in [0.1, 0.15) is 25.0 Å². The molecule has 0 bridgehead atoms. The molecular weight excluding hydrogens is 361 g/mol. The number of hydrogen-bond acceptors (Lipinski definition) is 3. The van der Waals surface area contributed by atoms with E-state index in [1.54, 1.807) is 0 Å². The van der Waals surface area contributed by atoms with Gasteiger partial charge in [0.1, 0.15) is 6.04 Å². The first-order valence-corrected chi connectivity index (χ1v) is 8.91. The quantitative estimate of drug-likeness (QED) is 0.410. The third-order valence-corrected chi connectivity index (χ3v) is 4.74. The van der Waals surface area contributed by atoms with Gasteiger partial charge in [-0.1, -0.05) is 91.0 Å². The van der Waals surface area contributed by atoms with E-state index < -0.39 is 23.7 Å². The Kier molecular flexibility index (Phi) is 7.98. The molecule has 0 aromatic heterocycles. The number of benzene rings is 3. The number of aliphatic carboxylic acids is 1. The molecule has 3 aromatic rings. The fourth-order valence-electron chi connectivity index (χ4n) is 3.44. The van der Waals surface area contributed by atoms with Crippen molar-refractivity contribution < 1.29 is 46.0 Å². The van der Waals surface area contributed by atoms with Gasteiger partial charge in [-0.2, -0.15) is 0 Å². The van der Waals surface area contributed by atoms with Crippen molar-refractivity contribution in [1.29, 1.82) is 0 Å². The third-order valence-electron chi connectivity index (χ3n) is 4.74. The van der Waals surface area contributed by atoms with Gasteiger partial charge in [-0.05, 0) is 23.6 Å². The molecule has 0 aliphatic carbocycles. The van der Waals surface area contributed by atoms with Crippen molar-refractivity contribution in [3.63, 3.8) is 0 Å². The van der Waals surface area contributed by atoms with Crippen molar-refractivity contribution in [3.05, 3.63) is 108 Å². The normalized spacial score (nSPS) is 13.2. The Morgan fingerprint density at radius 1 is 0.821 bits per heavy atom. The minimum atomic E-state index is -1.15. The van der Waals surface area contributed by atoms with E-state index >= 15 is 0 Å². The molecule has 4 nitrogen and oxygen atoms in total. The molecule has 0 radical (unpaired) electrons. The molecule has 2 unspecified atom stereocenters. The minimum absolute atomic E-state index is 0. The summed E-state index contributed by atoms with van der Waals surface area (Å²) >= 11 is 0. The zero-order valence-electron chi connectivity index (χ0n) is 17.1. The van der Waals surface area contributed by atoms with Crippen molar-refractivity contribution in [2.24, 2.45) is 0 Å². The van der Waals surface area contributed by atoms with Crippen LogP contribution in [-0.2, 0) is 10.3 Å². The van der Waals surface area contributed by atoms with Gasteiger partial charge in [0.05, 0.1) is 11.6 Å². The van der Waals surface area contributed by atoms with Crippen LogP contribution >= 0.6 is 0 Å². The maximum absolute atomic E-state index is 11.9. The Bertz CT molecular complexity index is 780. The number of hydrogen-bond donors (Lipinski definition) is 3. The average Bonchev–Trinajstić information content (AvgIpc) is 2.70. The van der Waals surface area contributed by atoms with Crippen molar-refractivity contribution in [1.82, 2.24) is 5.32 Å². The van der Waals surface area contributed by atoms with E-state index in [-0.39, 0.29) is 31.0 Å². The summed E-state index contributed by atoms with van der Waals surface area (Å²) in [6.45, 7) is 1.48. The largest absolute Gasteiger partial charge is 1.00 e. The molecule has 0 fully saturated rings. The van der Waals surface area contributed by atoms with Crippen molar-refractivity contribution in [2.45, 2.75) is 24.6 Å². The fourth-order valence-corrected chi connectivity index (χ4v) is 3.44. The SMILES string of the molecule is CC(O)C(NC(c1ccccc1)(c1ccccc1)c1ccccc1)C(=O)O.[H-].[Na+]. The number of nitrogens with one attached hydrogen (secondary N) is 1. The maximum atomic E-state index is 11.9. The van der Waals surface area contributed by atoms with Crippen LogP contribution in [0.2, 0.25) is 0 Å². The second kappa shape index (κ2) is 10.0. The smallest absolute Gasteiger partial charge is 1.00 e. The molecule has 3 N–H and O–H groups in total. The van der Waals surface area contributed by atoms with E-state index in [0.29, 0.717) is 0 Å². The molecule has 5 heteroatoms. The molecule has 140 valence electrons. The Morgan fingerprint density at radius 2 is 1.14 bits per heavy atom. The summed E-state index contributed by atoms with van der Waals surface area (Å²) in [6, 6.07) is 28.0. The van der Waals surface area contributed by atoms with Gasteiger partial charge in [0, 0.05) is 0 Å². The zero-order chi connectivity index (χ0) is 19.3. The van der Waals surface area contributed by atoms with E-state index in [1.807, 2.05) is 91.0 Å². The second-order valence-electron chi connectivity index (χ2n) is 6.55. The summed E-state index contributed by atoms with van der Waals surface area (Å²) in [5, 5.41) is 23.1. The minimum Gasteiger partial charge on any atom is -1.00 e. The fraction of sp³-hybridized carbons (Fsp3) is 0.174. The van der Waals surface area contributed by atoms with Crippen LogP contribution in [-0.4, -0.2) is 28.3 Å². The molecule has 0 aliphatic heterocycles. The molecule has 3 rings (SSSR count). The molecular formula is C23H24NNaO3. The zero-order valence-corrected chi connectivity index (χ0v) is 18.1. The van der Waals surface area contributed by atoms with Crippen LogP contribution in [0.15, 0.2) is 91.0 Å². The molecule has 0 saturated heterocycles. The molecule has 0 saturated carbocycles. The van der Waals surface area contributed by atoms with E-state index in [2.05, 4.69) is 5.32 Å². The maximum Gasteiger partial charge on any atom is 1.00 e. The summed E-state index contributed by atoms with van der Waals surface area (Å²) in [5.41, 5.74) is 1.77. The molecule has 3 aromatic carbocycles. The number of aliphatic hydroxyl groups is 1. The van der Waals surface area contributed by atoms with Crippen LogP contribution in [0.25, 0.3) is 0 Å². The number of carbonyl (C=O) groups is 1. The Morgan fingerprint density at radius 3 is 1.39 bits per heavy atom. The van der Waals surface area contributed by atoms with Crippen molar-refractivity contribution >= 4 is 5.97 Å². The molecule has 28 heavy (non-hydrogen) atoms. The predicted octanol–water partition coefficient (Wildman–Crippen LogP) is 0.519. The average molecular weight is 385 g/mol. The van der Waals surface area contributed by atoms with Gasteiger partial charge >= 0.3 is 35.5 Å². The number of carboxylic acids is 1. The first-order valence-electron chi connectivity index (χ1n) is 8.91. The van der Waals surface area contributed by atoms with E-state index in [9.17, 15) is 15.0 Å². The van der Waals surface area contributed by atoms with E-state index in [0.717, 1.165) is 16.7 Å². The summed E-state index contributed by atoms with van der Waals surface area (Å²) in [7, 11) is 0. The Balaban J connectivity index is 0.00000210. The number of rotatable bonds is 7. The van der Waals surface area contributed by atoms with E-state index in [1.165, 1.54) is 6.92 Å².